The van der Waals surface area contributed by atoms with Gasteiger partial charge < -0.3 is 11.5 Å². The monoisotopic (exact) mass is 176 g/mol. The first-order chi connectivity index (χ1) is 5.07. The van der Waals surface area contributed by atoms with Gasteiger partial charge in [0.1, 0.15) is 0 Å². The molecule has 1 amide bonds. The van der Waals surface area contributed by atoms with Crippen molar-refractivity contribution in [3.8, 4) is 0 Å². The Labute approximate surface area is 71.9 Å². The zero-order chi connectivity index (χ0) is 8.85. The van der Waals surface area contributed by atoms with Gasteiger partial charge in [-0.1, -0.05) is 6.92 Å². The average molecular weight is 176 g/mol. The van der Waals surface area contributed by atoms with Crippen molar-refractivity contribution in [3.63, 3.8) is 0 Å². The molecule has 0 bridgehead atoms. The van der Waals surface area contributed by atoms with E-state index in [2.05, 4.69) is 6.92 Å². The molecule has 3 nitrogen and oxygen atoms in total. The van der Waals surface area contributed by atoms with Crippen LogP contribution in [0.2, 0.25) is 0 Å². The summed E-state index contributed by atoms with van der Waals surface area (Å²) in [5, 5.41) is 0.319. The summed E-state index contributed by atoms with van der Waals surface area (Å²) in [7, 11) is 0. The molecule has 0 aromatic rings. The Morgan fingerprint density at radius 3 is 2.45 bits per heavy atom. The molecule has 0 heterocycles. The van der Waals surface area contributed by atoms with E-state index >= 15 is 0 Å². The molecule has 4 N–H and O–H groups in total. The number of nitrogens with two attached hydrogens (primary N) is 2. The minimum atomic E-state index is -0.251. The Hall–Kier alpha value is -0.220. The quantitative estimate of drug-likeness (QED) is 0.634. The van der Waals surface area contributed by atoms with Crippen molar-refractivity contribution in [2.45, 2.75) is 30.8 Å². The fourth-order valence-corrected chi connectivity index (χ4v) is 1.82. The van der Waals surface area contributed by atoms with Gasteiger partial charge in [0.05, 0.1) is 5.25 Å². The summed E-state index contributed by atoms with van der Waals surface area (Å²) in [5.41, 5.74) is 10.4. The van der Waals surface area contributed by atoms with E-state index in [0.29, 0.717) is 11.8 Å². The lowest BCUT2D eigenvalue weighted by Gasteiger charge is -2.12. The van der Waals surface area contributed by atoms with E-state index < -0.39 is 0 Å². The number of carbonyl (C=O) groups excluding carboxylic acids is 1. The maximum atomic E-state index is 10.6. The standard InChI is InChI=1S/C7H16N2OS/c1-5(3-4-8)11-6(2)7(9)10/h5-6H,3-4,8H2,1-2H3,(H2,9,10). The van der Waals surface area contributed by atoms with Crippen molar-refractivity contribution in [1.29, 1.82) is 0 Å². The van der Waals surface area contributed by atoms with Crippen LogP contribution in [0.5, 0.6) is 0 Å². The second kappa shape index (κ2) is 5.43. The van der Waals surface area contributed by atoms with Gasteiger partial charge in [-0.2, -0.15) is 0 Å². The molecular weight excluding hydrogens is 160 g/mol. The number of rotatable bonds is 5. The van der Waals surface area contributed by atoms with Gasteiger partial charge in [0.2, 0.25) is 5.91 Å². The molecule has 0 aromatic carbocycles. The fraction of sp³-hybridized carbons (Fsp3) is 0.857. The smallest absolute Gasteiger partial charge is 0.230 e. The summed E-state index contributed by atoms with van der Waals surface area (Å²) in [6, 6.07) is 0. The molecule has 0 saturated carbocycles. The minimum Gasteiger partial charge on any atom is -0.369 e. The van der Waals surface area contributed by atoms with E-state index in [9.17, 15) is 4.79 Å². The number of hydrogen-bond acceptors (Lipinski definition) is 3. The molecule has 11 heavy (non-hydrogen) atoms. The average Bonchev–Trinajstić information content (AvgIpc) is 1.87. The molecule has 66 valence electrons. The largest absolute Gasteiger partial charge is 0.369 e. The molecule has 0 fully saturated rings. The zero-order valence-electron chi connectivity index (χ0n) is 7.04. The maximum Gasteiger partial charge on any atom is 0.230 e. The molecule has 0 aliphatic rings. The van der Waals surface area contributed by atoms with Crippen LogP contribution >= 0.6 is 11.8 Å². The van der Waals surface area contributed by atoms with Gasteiger partial charge in [-0.3, -0.25) is 4.79 Å². The molecule has 2 unspecified atom stereocenters. The first-order valence-corrected chi connectivity index (χ1v) is 4.67. The van der Waals surface area contributed by atoms with Gasteiger partial charge in [-0.15, -0.1) is 11.8 Å². The molecule has 0 aliphatic carbocycles. The highest BCUT2D eigenvalue weighted by Gasteiger charge is 2.12. The van der Waals surface area contributed by atoms with Crippen molar-refractivity contribution in [2.24, 2.45) is 11.5 Å². The van der Waals surface area contributed by atoms with Gasteiger partial charge in [0.15, 0.2) is 0 Å². The topological polar surface area (TPSA) is 69.1 Å². The molecule has 4 heteroatoms. The van der Waals surface area contributed by atoms with Crippen LogP contribution in [-0.4, -0.2) is 23.0 Å². The molecular formula is C7H16N2OS. The van der Waals surface area contributed by atoms with Crippen LogP contribution in [0.15, 0.2) is 0 Å². The highest BCUT2D eigenvalue weighted by molar-refractivity contribution is 8.01. The lowest BCUT2D eigenvalue weighted by molar-refractivity contribution is -0.117. The molecule has 0 saturated heterocycles. The second-order valence-corrected chi connectivity index (χ2v) is 4.35. The third-order valence-electron chi connectivity index (χ3n) is 1.41. The molecule has 0 spiro atoms. The number of thioether (sulfide) groups is 1. The minimum absolute atomic E-state index is 0.100. The summed E-state index contributed by atoms with van der Waals surface area (Å²) in [4.78, 5) is 10.6. The van der Waals surface area contributed by atoms with Crippen molar-refractivity contribution in [1.82, 2.24) is 0 Å². The molecule has 2 atom stereocenters. The zero-order valence-corrected chi connectivity index (χ0v) is 7.86. The van der Waals surface area contributed by atoms with Crippen molar-refractivity contribution < 1.29 is 4.79 Å². The van der Waals surface area contributed by atoms with E-state index in [-0.39, 0.29) is 11.2 Å². The van der Waals surface area contributed by atoms with Crippen molar-refractivity contribution in [3.05, 3.63) is 0 Å². The number of hydrogen-bond donors (Lipinski definition) is 2. The molecule has 0 rings (SSSR count). The molecule has 0 aliphatic heterocycles. The van der Waals surface area contributed by atoms with E-state index in [0.717, 1.165) is 6.42 Å². The van der Waals surface area contributed by atoms with Crippen molar-refractivity contribution >= 4 is 17.7 Å². The summed E-state index contributed by atoms with van der Waals surface area (Å²) in [5.74, 6) is -0.251. The third kappa shape index (κ3) is 5.09. The predicted molar refractivity (Wildman–Crippen MR) is 49.4 cm³/mol. The van der Waals surface area contributed by atoms with Gasteiger partial charge in [0.25, 0.3) is 0 Å². The first-order valence-electron chi connectivity index (χ1n) is 3.72. The lowest BCUT2D eigenvalue weighted by Crippen LogP contribution is -2.25. The third-order valence-corrected chi connectivity index (χ3v) is 2.75. The van der Waals surface area contributed by atoms with Crippen LogP contribution in [0, 0.1) is 0 Å². The number of primary amides is 1. The number of amides is 1. The maximum absolute atomic E-state index is 10.6. The highest BCUT2D eigenvalue weighted by Crippen LogP contribution is 2.18. The fourth-order valence-electron chi connectivity index (χ4n) is 0.718. The van der Waals surface area contributed by atoms with Gasteiger partial charge in [0, 0.05) is 5.25 Å². The predicted octanol–water partition coefficient (Wildman–Crippen LogP) is 0.331. The van der Waals surface area contributed by atoms with Gasteiger partial charge >= 0.3 is 0 Å². The van der Waals surface area contributed by atoms with Gasteiger partial charge in [-0.05, 0) is 19.9 Å². The van der Waals surface area contributed by atoms with E-state index in [1.54, 1.807) is 11.8 Å². The van der Waals surface area contributed by atoms with Crippen molar-refractivity contribution in [2.75, 3.05) is 6.54 Å². The van der Waals surface area contributed by atoms with Gasteiger partial charge in [-0.25, -0.2) is 0 Å². The Balaban J connectivity index is 3.56. The normalized spacial score (nSPS) is 15.9. The second-order valence-electron chi connectivity index (χ2n) is 2.57. The highest BCUT2D eigenvalue weighted by atomic mass is 32.2. The number of carbonyl (C=O) groups is 1. The van der Waals surface area contributed by atoms with Crippen LogP contribution < -0.4 is 11.5 Å². The van der Waals surface area contributed by atoms with Crippen LogP contribution in [0.4, 0.5) is 0 Å². The Bertz CT molecular complexity index is 130. The molecule has 0 radical (unpaired) electrons. The summed E-state index contributed by atoms with van der Waals surface area (Å²) < 4.78 is 0. The van der Waals surface area contributed by atoms with E-state index in [1.165, 1.54) is 0 Å². The summed E-state index contributed by atoms with van der Waals surface area (Å²) >= 11 is 1.58. The van der Waals surface area contributed by atoms with E-state index in [4.69, 9.17) is 11.5 Å². The Kier molecular flexibility index (Phi) is 5.32. The van der Waals surface area contributed by atoms with Crippen LogP contribution in [0.3, 0.4) is 0 Å². The summed E-state index contributed by atoms with van der Waals surface area (Å²) in [6.07, 6.45) is 0.933. The molecule has 0 aromatic heterocycles. The Morgan fingerprint density at radius 1 is 1.55 bits per heavy atom. The van der Waals surface area contributed by atoms with Crippen LogP contribution in [0.25, 0.3) is 0 Å². The first kappa shape index (κ1) is 10.8. The SMILES string of the molecule is CC(CCN)SC(C)C(N)=O. The van der Waals surface area contributed by atoms with E-state index in [1.807, 2.05) is 6.92 Å². The Morgan fingerprint density at radius 2 is 2.09 bits per heavy atom. The summed E-state index contributed by atoms with van der Waals surface area (Å²) in [6.45, 7) is 4.54. The van der Waals surface area contributed by atoms with Crippen LogP contribution in [-0.2, 0) is 4.79 Å². The van der Waals surface area contributed by atoms with Crippen LogP contribution in [0.1, 0.15) is 20.3 Å². The lowest BCUT2D eigenvalue weighted by atomic mass is 10.3.